The quantitative estimate of drug-likeness (QED) is 0.392. The van der Waals surface area contributed by atoms with Crippen LogP contribution < -0.4 is 15.8 Å². The molecule has 0 saturated heterocycles. The molecule has 1 amide bonds. The van der Waals surface area contributed by atoms with Gasteiger partial charge in [0.1, 0.15) is 0 Å². The molecule has 2 aromatic rings. The van der Waals surface area contributed by atoms with Crippen LogP contribution in [0.25, 0.3) is 10.9 Å². The van der Waals surface area contributed by atoms with Crippen molar-refractivity contribution in [2.75, 3.05) is 6.54 Å². The molecule has 5 N–H and O–H groups in total. The standard InChI is InChI=1S/C20H27N3O4/c1-13(2)9-14(10-19(24)25)12-22-20(26)17(21)11-16-8-7-15-5-3-4-6-18(15)23(16)27/h3-8,13-14,17H,9-12,21H2,1-2H3,(H2-,22,24,25,26,27)/p+1/t14-,17+/m0/s1. The maximum atomic E-state index is 12.3. The number of rotatable bonds is 9. The van der Waals surface area contributed by atoms with E-state index in [1.54, 1.807) is 12.1 Å². The summed E-state index contributed by atoms with van der Waals surface area (Å²) in [6.45, 7) is 4.30. The Kier molecular flexibility index (Phi) is 7.12. The van der Waals surface area contributed by atoms with Crippen LogP contribution in [0, 0.1) is 11.8 Å². The van der Waals surface area contributed by atoms with Crippen molar-refractivity contribution in [3.05, 3.63) is 42.1 Å². The first kappa shape index (κ1) is 20.6. The monoisotopic (exact) mass is 374 g/mol. The highest BCUT2D eigenvalue weighted by molar-refractivity contribution is 5.82. The number of pyridine rings is 1. The predicted molar refractivity (Wildman–Crippen MR) is 101 cm³/mol. The van der Waals surface area contributed by atoms with E-state index in [1.807, 2.05) is 38.1 Å². The summed E-state index contributed by atoms with van der Waals surface area (Å²) in [7, 11) is 0. The molecule has 1 aromatic carbocycles. The number of aromatic nitrogens is 1. The summed E-state index contributed by atoms with van der Waals surface area (Å²) in [5, 5.41) is 23.0. The van der Waals surface area contributed by atoms with E-state index in [2.05, 4.69) is 5.32 Å². The molecule has 7 nitrogen and oxygen atoms in total. The Morgan fingerprint density at radius 2 is 1.89 bits per heavy atom. The molecule has 7 heteroatoms. The van der Waals surface area contributed by atoms with Gasteiger partial charge in [-0.1, -0.05) is 26.0 Å². The smallest absolute Gasteiger partial charge is 0.303 e. The van der Waals surface area contributed by atoms with Gasteiger partial charge in [-0.15, -0.1) is 0 Å². The molecule has 0 unspecified atom stereocenters. The molecule has 0 radical (unpaired) electrons. The van der Waals surface area contributed by atoms with Crippen LogP contribution in [0.1, 0.15) is 32.4 Å². The van der Waals surface area contributed by atoms with Crippen LogP contribution in [0.4, 0.5) is 0 Å². The van der Waals surface area contributed by atoms with Crippen molar-refractivity contribution in [3.63, 3.8) is 0 Å². The molecule has 0 aliphatic carbocycles. The Balaban J connectivity index is 1.98. The second kappa shape index (κ2) is 9.32. The second-order valence-corrected chi connectivity index (χ2v) is 7.34. The van der Waals surface area contributed by atoms with Gasteiger partial charge in [-0.3, -0.25) is 14.8 Å². The lowest BCUT2D eigenvalue weighted by Crippen LogP contribution is -2.47. The minimum Gasteiger partial charge on any atom is -0.481 e. The molecule has 2 rings (SSSR count). The highest BCUT2D eigenvalue weighted by atomic mass is 16.5. The molecule has 0 saturated carbocycles. The number of carboxylic acid groups (broad SMARTS) is 1. The summed E-state index contributed by atoms with van der Waals surface area (Å²) in [5.74, 6) is -1.04. The number of nitrogens with zero attached hydrogens (tertiary/aromatic N) is 1. The first-order valence-electron chi connectivity index (χ1n) is 9.15. The van der Waals surface area contributed by atoms with Crippen LogP contribution in [0.15, 0.2) is 36.4 Å². The zero-order valence-electron chi connectivity index (χ0n) is 15.8. The maximum Gasteiger partial charge on any atom is 0.303 e. The van der Waals surface area contributed by atoms with Gasteiger partial charge < -0.3 is 16.2 Å². The third kappa shape index (κ3) is 5.92. The number of hydrogen-bond donors (Lipinski definition) is 4. The number of carbonyl (C=O) groups is 2. The molecule has 2 atom stereocenters. The van der Waals surface area contributed by atoms with Crippen molar-refractivity contribution in [1.82, 2.24) is 5.32 Å². The van der Waals surface area contributed by atoms with E-state index in [9.17, 15) is 14.8 Å². The SMILES string of the molecule is CC(C)C[C@H](CNC(=O)[C@H](N)Cc1ccc2ccccc2[n+]1O)CC(=O)O. The van der Waals surface area contributed by atoms with Gasteiger partial charge in [0.2, 0.25) is 11.6 Å². The van der Waals surface area contributed by atoms with Gasteiger partial charge in [-0.25, -0.2) is 0 Å². The summed E-state index contributed by atoms with van der Waals surface area (Å²) < 4.78 is 1.05. The van der Waals surface area contributed by atoms with E-state index in [0.717, 1.165) is 10.1 Å². The fourth-order valence-electron chi connectivity index (χ4n) is 3.23. The molecule has 0 spiro atoms. The number of carbonyl (C=O) groups excluding carboxylic acids is 1. The normalized spacial score (nSPS) is 13.5. The lowest BCUT2D eigenvalue weighted by atomic mass is 9.94. The number of nitrogens with one attached hydrogen (secondary N) is 1. The number of hydrogen-bond acceptors (Lipinski definition) is 4. The topological polar surface area (TPSA) is 117 Å². The van der Waals surface area contributed by atoms with Crippen LogP contribution in [-0.2, 0) is 16.0 Å². The van der Waals surface area contributed by atoms with Crippen molar-refractivity contribution < 1.29 is 24.6 Å². The number of amides is 1. The molecule has 27 heavy (non-hydrogen) atoms. The summed E-state index contributed by atoms with van der Waals surface area (Å²) in [6, 6.07) is 10.1. The summed E-state index contributed by atoms with van der Waals surface area (Å²) in [6.07, 6.45) is 0.888. The average molecular weight is 374 g/mol. The van der Waals surface area contributed by atoms with Crippen molar-refractivity contribution in [2.24, 2.45) is 17.6 Å². The van der Waals surface area contributed by atoms with Crippen LogP contribution in [0.2, 0.25) is 0 Å². The highest BCUT2D eigenvalue weighted by Gasteiger charge is 2.23. The van der Waals surface area contributed by atoms with Crippen LogP contribution in [-0.4, -0.2) is 34.8 Å². The zero-order chi connectivity index (χ0) is 20.0. The Morgan fingerprint density at radius 3 is 2.56 bits per heavy atom. The number of benzene rings is 1. The second-order valence-electron chi connectivity index (χ2n) is 7.34. The van der Waals surface area contributed by atoms with Gasteiger partial charge in [0.15, 0.2) is 0 Å². The van der Waals surface area contributed by atoms with Crippen LogP contribution in [0.3, 0.4) is 0 Å². The molecule has 0 aliphatic rings. The minimum atomic E-state index is -0.878. The fourth-order valence-corrected chi connectivity index (χ4v) is 3.23. The third-order valence-corrected chi connectivity index (χ3v) is 4.49. The van der Waals surface area contributed by atoms with E-state index in [1.165, 1.54) is 0 Å². The van der Waals surface area contributed by atoms with Gasteiger partial charge >= 0.3 is 5.97 Å². The van der Waals surface area contributed by atoms with Gasteiger partial charge in [0, 0.05) is 29.8 Å². The van der Waals surface area contributed by atoms with E-state index in [-0.39, 0.29) is 31.2 Å². The Bertz CT molecular complexity index is 807. The molecule has 146 valence electrons. The lowest BCUT2D eigenvalue weighted by Gasteiger charge is -2.19. The summed E-state index contributed by atoms with van der Waals surface area (Å²) in [4.78, 5) is 23.3. The van der Waals surface area contributed by atoms with Crippen molar-refractivity contribution in [2.45, 2.75) is 39.2 Å². The molecule has 0 fully saturated rings. The van der Waals surface area contributed by atoms with E-state index < -0.39 is 12.0 Å². The Hall–Kier alpha value is -2.67. The maximum absolute atomic E-state index is 12.3. The lowest BCUT2D eigenvalue weighted by molar-refractivity contribution is -0.889. The zero-order valence-corrected chi connectivity index (χ0v) is 15.8. The summed E-state index contributed by atoms with van der Waals surface area (Å²) >= 11 is 0. The highest BCUT2D eigenvalue weighted by Crippen LogP contribution is 2.15. The molecular weight excluding hydrogens is 346 g/mol. The molecule has 1 heterocycles. The van der Waals surface area contributed by atoms with Gasteiger partial charge in [0.05, 0.1) is 17.8 Å². The molecular formula is C20H28N3O4+. The first-order valence-corrected chi connectivity index (χ1v) is 9.15. The van der Waals surface area contributed by atoms with Crippen LogP contribution in [0.5, 0.6) is 0 Å². The largest absolute Gasteiger partial charge is 0.481 e. The van der Waals surface area contributed by atoms with E-state index in [4.69, 9.17) is 10.8 Å². The number of carboxylic acids is 1. The predicted octanol–water partition coefficient (Wildman–Crippen LogP) is 1.49. The number of para-hydroxylation sites is 1. The van der Waals surface area contributed by atoms with Crippen molar-refractivity contribution >= 4 is 22.8 Å². The molecule has 0 aliphatic heterocycles. The van der Waals surface area contributed by atoms with E-state index in [0.29, 0.717) is 23.5 Å². The van der Waals surface area contributed by atoms with Crippen molar-refractivity contribution in [1.29, 1.82) is 0 Å². The van der Waals surface area contributed by atoms with Crippen LogP contribution >= 0.6 is 0 Å². The van der Waals surface area contributed by atoms with Gasteiger partial charge in [0.25, 0.3) is 5.52 Å². The summed E-state index contributed by atoms with van der Waals surface area (Å²) in [5.41, 5.74) is 7.17. The minimum absolute atomic E-state index is 0.00894. The molecule has 1 aromatic heterocycles. The fraction of sp³-hybridized carbons (Fsp3) is 0.450. The van der Waals surface area contributed by atoms with Crippen molar-refractivity contribution in [3.8, 4) is 0 Å². The van der Waals surface area contributed by atoms with Gasteiger partial charge in [-0.2, -0.15) is 0 Å². The number of aliphatic carboxylic acids is 1. The molecule has 0 bridgehead atoms. The Morgan fingerprint density at radius 1 is 1.19 bits per heavy atom. The first-order chi connectivity index (χ1) is 12.8. The third-order valence-electron chi connectivity index (χ3n) is 4.49. The Labute approximate surface area is 158 Å². The number of fused-ring (bicyclic) bond motifs is 1. The van der Waals surface area contributed by atoms with Gasteiger partial charge in [-0.05, 0) is 30.4 Å². The van der Waals surface area contributed by atoms with E-state index >= 15 is 0 Å². The number of nitrogens with two attached hydrogens (primary N) is 1. The average Bonchev–Trinajstić information content (AvgIpc) is 2.61.